The molecule has 0 radical (unpaired) electrons. The molecule has 1 saturated heterocycles. The van der Waals surface area contributed by atoms with E-state index in [2.05, 4.69) is 30.7 Å². The molecular formula is C15H32N2O2. The van der Waals surface area contributed by atoms with E-state index in [-0.39, 0.29) is 0 Å². The van der Waals surface area contributed by atoms with Gasteiger partial charge in [0.1, 0.15) is 0 Å². The van der Waals surface area contributed by atoms with Crippen LogP contribution >= 0.6 is 0 Å². The second kappa shape index (κ2) is 10.6. The van der Waals surface area contributed by atoms with Crippen LogP contribution in [-0.4, -0.2) is 75.5 Å². The molecule has 1 aliphatic rings. The average molecular weight is 272 g/mol. The van der Waals surface area contributed by atoms with E-state index >= 15 is 0 Å². The summed E-state index contributed by atoms with van der Waals surface area (Å²) in [7, 11) is 2.20. The van der Waals surface area contributed by atoms with Crippen LogP contribution in [0, 0.1) is 0 Å². The molecule has 0 aliphatic carbocycles. The smallest absolute Gasteiger partial charge is 0.0594 e. The SMILES string of the molecule is CCCC(C)OCCCN(C)CCN1CCOCC1. The predicted molar refractivity (Wildman–Crippen MR) is 79.7 cm³/mol. The van der Waals surface area contributed by atoms with Crippen molar-refractivity contribution in [3.8, 4) is 0 Å². The van der Waals surface area contributed by atoms with Gasteiger partial charge in [-0.1, -0.05) is 13.3 Å². The van der Waals surface area contributed by atoms with Crippen LogP contribution < -0.4 is 0 Å². The summed E-state index contributed by atoms with van der Waals surface area (Å²) in [4.78, 5) is 4.89. The van der Waals surface area contributed by atoms with E-state index in [0.717, 1.165) is 59.0 Å². The van der Waals surface area contributed by atoms with Crippen molar-refractivity contribution in [3.05, 3.63) is 0 Å². The molecular weight excluding hydrogens is 240 g/mol. The lowest BCUT2D eigenvalue weighted by molar-refractivity contribution is 0.0326. The lowest BCUT2D eigenvalue weighted by Gasteiger charge is -2.28. The zero-order valence-corrected chi connectivity index (χ0v) is 13.1. The van der Waals surface area contributed by atoms with Crippen LogP contribution in [0.15, 0.2) is 0 Å². The van der Waals surface area contributed by atoms with Crippen LogP contribution in [0.4, 0.5) is 0 Å². The predicted octanol–water partition coefficient (Wildman–Crippen LogP) is 1.85. The molecule has 19 heavy (non-hydrogen) atoms. The quantitative estimate of drug-likeness (QED) is 0.567. The third-order valence-corrected chi connectivity index (χ3v) is 3.68. The topological polar surface area (TPSA) is 24.9 Å². The van der Waals surface area contributed by atoms with Crippen molar-refractivity contribution >= 4 is 0 Å². The van der Waals surface area contributed by atoms with Crippen LogP contribution in [0.2, 0.25) is 0 Å². The Morgan fingerprint density at radius 2 is 2.00 bits per heavy atom. The van der Waals surface area contributed by atoms with Crippen LogP contribution in [0.5, 0.6) is 0 Å². The molecule has 0 saturated carbocycles. The monoisotopic (exact) mass is 272 g/mol. The molecule has 1 fully saturated rings. The molecule has 1 unspecified atom stereocenters. The first-order chi connectivity index (χ1) is 9.22. The molecule has 1 heterocycles. The largest absolute Gasteiger partial charge is 0.379 e. The summed E-state index contributed by atoms with van der Waals surface area (Å²) in [6.45, 7) is 12.7. The Hall–Kier alpha value is -0.160. The number of likely N-dealkylation sites (N-methyl/N-ethyl adjacent to an activating group) is 1. The van der Waals surface area contributed by atoms with Gasteiger partial charge in [-0.05, 0) is 26.8 Å². The van der Waals surface area contributed by atoms with E-state index in [9.17, 15) is 0 Å². The van der Waals surface area contributed by atoms with Gasteiger partial charge in [-0.3, -0.25) is 4.90 Å². The van der Waals surface area contributed by atoms with E-state index in [1.807, 2.05) is 0 Å². The number of ether oxygens (including phenoxy) is 2. The fourth-order valence-corrected chi connectivity index (χ4v) is 2.36. The first-order valence-electron chi connectivity index (χ1n) is 7.82. The summed E-state index contributed by atoms with van der Waals surface area (Å²) >= 11 is 0. The number of nitrogens with zero attached hydrogens (tertiary/aromatic N) is 2. The van der Waals surface area contributed by atoms with Gasteiger partial charge in [0.05, 0.1) is 19.3 Å². The molecule has 0 amide bonds. The lowest BCUT2D eigenvalue weighted by atomic mass is 10.2. The fraction of sp³-hybridized carbons (Fsp3) is 1.00. The molecule has 0 aromatic heterocycles. The van der Waals surface area contributed by atoms with Crippen molar-refractivity contribution in [2.45, 2.75) is 39.2 Å². The number of hydrogen-bond acceptors (Lipinski definition) is 4. The molecule has 0 bridgehead atoms. The zero-order chi connectivity index (χ0) is 13.9. The minimum Gasteiger partial charge on any atom is -0.379 e. The van der Waals surface area contributed by atoms with Gasteiger partial charge < -0.3 is 14.4 Å². The third-order valence-electron chi connectivity index (χ3n) is 3.68. The van der Waals surface area contributed by atoms with Gasteiger partial charge in [0.15, 0.2) is 0 Å². The second-order valence-electron chi connectivity index (χ2n) is 5.58. The highest BCUT2D eigenvalue weighted by Gasteiger charge is 2.10. The number of hydrogen-bond donors (Lipinski definition) is 0. The van der Waals surface area contributed by atoms with Crippen molar-refractivity contribution < 1.29 is 9.47 Å². The summed E-state index contributed by atoms with van der Waals surface area (Å²) in [6.07, 6.45) is 3.94. The minimum absolute atomic E-state index is 0.420. The lowest BCUT2D eigenvalue weighted by Crippen LogP contribution is -2.40. The summed E-state index contributed by atoms with van der Waals surface area (Å²) in [5, 5.41) is 0. The van der Waals surface area contributed by atoms with Crippen LogP contribution in [-0.2, 0) is 9.47 Å². The van der Waals surface area contributed by atoms with Crippen LogP contribution in [0.3, 0.4) is 0 Å². The maximum absolute atomic E-state index is 5.77. The minimum atomic E-state index is 0.420. The summed E-state index contributed by atoms with van der Waals surface area (Å²) in [5.74, 6) is 0. The molecule has 1 rings (SSSR count). The van der Waals surface area contributed by atoms with E-state index in [4.69, 9.17) is 9.47 Å². The van der Waals surface area contributed by atoms with Crippen molar-refractivity contribution in [3.63, 3.8) is 0 Å². The van der Waals surface area contributed by atoms with Crippen LogP contribution in [0.25, 0.3) is 0 Å². The van der Waals surface area contributed by atoms with Gasteiger partial charge in [-0.25, -0.2) is 0 Å². The van der Waals surface area contributed by atoms with Gasteiger partial charge >= 0.3 is 0 Å². The Balaban J connectivity index is 1.93. The number of rotatable bonds is 10. The Bertz CT molecular complexity index is 208. The number of morpholine rings is 1. The summed E-state index contributed by atoms with van der Waals surface area (Å²) in [6, 6.07) is 0. The fourth-order valence-electron chi connectivity index (χ4n) is 2.36. The Kier molecular flexibility index (Phi) is 9.43. The summed E-state index contributed by atoms with van der Waals surface area (Å²) in [5.41, 5.74) is 0. The van der Waals surface area contributed by atoms with E-state index in [0.29, 0.717) is 6.10 Å². The normalized spacial score (nSPS) is 18.9. The molecule has 0 N–H and O–H groups in total. The highest BCUT2D eigenvalue weighted by molar-refractivity contribution is 4.64. The Labute approximate surface area is 119 Å². The first-order valence-corrected chi connectivity index (χ1v) is 7.82. The molecule has 4 heteroatoms. The molecule has 0 aromatic rings. The van der Waals surface area contributed by atoms with E-state index < -0.39 is 0 Å². The van der Waals surface area contributed by atoms with E-state index in [1.54, 1.807) is 0 Å². The maximum atomic E-state index is 5.77. The van der Waals surface area contributed by atoms with E-state index in [1.165, 1.54) is 12.8 Å². The second-order valence-corrected chi connectivity index (χ2v) is 5.58. The van der Waals surface area contributed by atoms with Crippen molar-refractivity contribution in [2.24, 2.45) is 0 Å². The molecule has 1 aliphatic heterocycles. The van der Waals surface area contributed by atoms with Gasteiger partial charge in [0, 0.05) is 39.3 Å². The van der Waals surface area contributed by atoms with Crippen molar-refractivity contribution in [2.75, 3.05) is 59.6 Å². The Morgan fingerprint density at radius 3 is 2.68 bits per heavy atom. The standard InChI is InChI=1S/C15H32N2O2/c1-4-6-15(2)19-12-5-7-16(3)8-9-17-10-13-18-14-11-17/h15H,4-14H2,1-3H3. The van der Waals surface area contributed by atoms with Crippen LogP contribution in [0.1, 0.15) is 33.1 Å². The Morgan fingerprint density at radius 1 is 1.26 bits per heavy atom. The highest BCUT2D eigenvalue weighted by atomic mass is 16.5. The van der Waals surface area contributed by atoms with Crippen molar-refractivity contribution in [1.82, 2.24) is 9.80 Å². The molecule has 4 nitrogen and oxygen atoms in total. The third kappa shape index (κ3) is 8.58. The molecule has 1 atom stereocenters. The highest BCUT2D eigenvalue weighted by Crippen LogP contribution is 2.02. The summed E-state index contributed by atoms with van der Waals surface area (Å²) < 4.78 is 11.1. The maximum Gasteiger partial charge on any atom is 0.0594 e. The molecule has 0 aromatic carbocycles. The zero-order valence-electron chi connectivity index (χ0n) is 13.1. The molecule has 0 spiro atoms. The van der Waals surface area contributed by atoms with Gasteiger partial charge in [-0.2, -0.15) is 0 Å². The molecule has 114 valence electrons. The van der Waals surface area contributed by atoms with Gasteiger partial charge in [0.25, 0.3) is 0 Å². The van der Waals surface area contributed by atoms with Gasteiger partial charge in [0.2, 0.25) is 0 Å². The van der Waals surface area contributed by atoms with Gasteiger partial charge in [-0.15, -0.1) is 0 Å². The van der Waals surface area contributed by atoms with Crippen molar-refractivity contribution in [1.29, 1.82) is 0 Å². The first kappa shape index (κ1) is 16.9. The average Bonchev–Trinajstić information content (AvgIpc) is 2.43.